The summed E-state index contributed by atoms with van der Waals surface area (Å²) in [5, 5.41) is 11.9. The molecule has 4 rings (SSSR count). The molecule has 32 heavy (non-hydrogen) atoms. The number of pyridine rings is 1. The van der Waals surface area contributed by atoms with E-state index >= 15 is 0 Å². The Labute approximate surface area is 189 Å². The molecule has 1 unspecified atom stereocenters. The van der Waals surface area contributed by atoms with Crippen molar-refractivity contribution in [3.05, 3.63) is 90.0 Å². The van der Waals surface area contributed by atoms with E-state index in [4.69, 9.17) is 0 Å². The fourth-order valence-corrected chi connectivity index (χ4v) is 4.09. The van der Waals surface area contributed by atoms with Gasteiger partial charge in [0, 0.05) is 24.5 Å². The fraction of sp³-hybridized carbons (Fsp3) is 0.167. The van der Waals surface area contributed by atoms with Crippen molar-refractivity contribution in [1.29, 1.82) is 0 Å². The summed E-state index contributed by atoms with van der Waals surface area (Å²) >= 11 is 1.33. The van der Waals surface area contributed by atoms with Crippen LogP contribution in [0.15, 0.2) is 78.2 Å². The molecule has 0 saturated heterocycles. The van der Waals surface area contributed by atoms with Gasteiger partial charge in [0.25, 0.3) is 0 Å². The molecule has 1 atom stereocenters. The Morgan fingerprint density at radius 1 is 1.09 bits per heavy atom. The van der Waals surface area contributed by atoms with Crippen LogP contribution in [0.4, 0.5) is 4.39 Å². The minimum atomic E-state index is -0.413. The lowest BCUT2D eigenvalue weighted by atomic mass is 10.2. The highest BCUT2D eigenvalue weighted by Crippen LogP contribution is 2.31. The van der Waals surface area contributed by atoms with Crippen LogP contribution >= 0.6 is 11.8 Å². The number of para-hydroxylation sites is 1. The number of benzene rings is 2. The fourth-order valence-electron chi connectivity index (χ4n) is 3.21. The van der Waals surface area contributed by atoms with Crippen LogP contribution in [0.2, 0.25) is 0 Å². The summed E-state index contributed by atoms with van der Waals surface area (Å²) in [4.78, 5) is 16.9. The van der Waals surface area contributed by atoms with Gasteiger partial charge in [0.1, 0.15) is 5.82 Å². The molecule has 0 radical (unpaired) electrons. The van der Waals surface area contributed by atoms with Gasteiger partial charge in [-0.3, -0.25) is 14.3 Å². The summed E-state index contributed by atoms with van der Waals surface area (Å²) in [6.45, 7) is 4.18. The van der Waals surface area contributed by atoms with Gasteiger partial charge in [0.05, 0.1) is 10.9 Å². The highest BCUT2D eigenvalue weighted by molar-refractivity contribution is 8.00. The van der Waals surface area contributed by atoms with Crippen molar-refractivity contribution < 1.29 is 9.18 Å². The number of amides is 1. The van der Waals surface area contributed by atoms with E-state index in [1.165, 1.54) is 23.9 Å². The number of rotatable bonds is 7. The molecule has 0 aliphatic rings. The number of carbonyl (C=O) groups is 1. The standard InChI is InChI=1S/C24H22FN5OS/c1-16-6-3-4-8-21(16)30-22(19-7-5-13-26-15-19)28-29-24(30)32-17(2)23(31)27-14-18-9-11-20(25)12-10-18/h3-13,15,17H,14H2,1-2H3,(H,27,31). The summed E-state index contributed by atoms with van der Waals surface area (Å²) in [6.07, 6.45) is 3.45. The number of thioether (sulfide) groups is 1. The average Bonchev–Trinajstić information content (AvgIpc) is 3.22. The van der Waals surface area contributed by atoms with Crippen LogP contribution in [-0.2, 0) is 11.3 Å². The zero-order chi connectivity index (χ0) is 22.5. The summed E-state index contributed by atoms with van der Waals surface area (Å²) < 4.78 is 15.0. The lowest BCUT2D eigenvalue weighted by molar-refractivity contribution is -0.120. The van der Waals surface area contributed by atoms with E-state index in [2.05, 4.69) is 20.5 Å². The van der Waals surface area contributed by atoms with Crippen molar-refractivity contribution in [3.63, 3.8) is 0 Å². The molecule has 0 aliphatic heterocycles. The Morgan fingerprint density at radius 2 is 1.88 bits per heavy atom. The van der Waals surface area contributed by atoms with E-state index in [1.807, 2.05) is 54.8 Å². The molecular weight excluding hydrogens is 425 g/mol. The zero-order valence-electron chi connectivity index (χ0n) is 17.7. The second kappa shape index (κ2) is 9.74. The molecule has 1 amide bonds. The van der Waals surface area contributed by atoms with Crippen LogP contribution in [0.25, 0.3) is 17.1 Å². The van der Waals surface area contributed by atoms with Gasteiger partial charge in [0.15, 0.2) is 11.0 Å². The Kier molecular flexibility index (Phi) is 6.61. The van der Waals surface area contributed by atoms with Gasteiger partial charge in [-0.1, -0.05) is 42.1 Å². The highest BCUT2D eigenvalue weighted by Gasteiger charge is 2.22. The first-order chi connectivity index (χ1) is 15.5. The van der Waals surface area contributed by atoms with Gasteiger partial charge in [-0.15, -0.1) is 10.2 Å². The third kappa shape index (κ3) is 4.86. The molecule has 6 nitrogen and oxygen atoms in total. The third-order valence-corrected chi connectivity index (χ3v) is 5.98. The first kappa shape index (κ1) is 21.7. The van der Waals surface area contributed by atoms with E-state index < -0.39 is 5.25 Å². The minimum absolute atomic E-state index is 0.137. The van der Waals surface area contributed by atoms with Gasteiger partial charge in [-0.05, 0) is 55.3 Å². The summed E-state index contributed by atoms with van der Waals surface area (Å²) in [5.74, 6) is 0.222. The molecule has 4 aromatic rings. The van der Waals surface area contributed by atoms with Crippen LogP contribution in [0.5, 0.6) is 0 Å². The van der Waals surface area contributed by atoms with Crippen LogP contribution in [0.1, 0.15) is 18.1 Å². The van der Waals surface area contributed by atoms with Gasteiger partial charge >= 0.3 is 0 Å². The highest BCUT2D eigenvalue weighted by atomic mass is 32.2. The number of nitrogens with one attached hydrogen (secondary N) is 1. The average molecular weight is 448 g/mol. The monoisotopic (exact) mass is 447 g/mol. The summed E-state index contributed by atoms with van der Waals surface area (Å²) in [5.41, 5.74) is 3.67. The smallest absolute Gasteiger partial charge is 0.233 e. The van der Waals surface area contributed by atoms with Gasteiger partial charge in [-0.25, -0.2) is 4.39 Å². The molecular formula is C24H22FN5OS. The molecule has 0 saturated carbocycles. The maximum Gasteiger partial charge on any atom is 0.233 e. The van der Waals surface area contributed by atoms with Gasteiger partial charge in [-0.2, -0.15) is 0 Å². The Morgan fingerprint density at radius 3 is 2.59 bits per heavy atom. The largest absolute Gasteiger partial charge is 0.351 e. The molecule has 2 aromatic carbocycles. The first-order valence-corrected chi connectivity index (χ1v) is 11.0. The third-order valence-electron chi connectivity index (χ3n) is 4.94. The van der Waals surface area contributed by atoms with Crippen molar-refractivity contribution in [2.24, 2.45) is 0 Å². The predicted octanol–water partition coefficient (Wildman–Crippen LogP) is 4.57. The topological polar surface area (TPSA) is 72.7 Å². The van der Waals surface area contributed by atoms with Crippen molar-refractivity contribution >= 4 is 17.7 Å². The summed E-state index contributed by atoms with van der Waals surface area (Å²) in [7, 11) is 0. The van der Waals surface area contributed by atoms with Crippen molar-refractivity contribution in [3.8, 4) is 17.1 Å². The Balaban J connectivity index is 1.58. The van der Waals surface area contributed by atoms with Crippen molar-refractivity contribution in [1.82, 2.24) is 25.1 Å². The maximum absolute atomic E-state index is 13.1. The Bertz CT molecular complexity index is 1210. The quantitative estimate of drug-likeness (QED) is 0.420. The van der Waals surface area contributed by atoms with E-state index in [1.54, 1.807) is 24.5 Å². The van der Waals surface area contributed by atoms with Crippen LogP contribution in [0.3, 0.4) is 0 Å². The normalized spacial score (nSPS) is 11.8. The van der Waals surface area contributed by atoms with E-state index in [0.717, 1.165) is 22.4 Å². The Hall–Kier alpha value is -3.52. The van der Waals surface area contributed by atoms with Gasteiger partial charge in [0.2, 0.25) is 5.91 Å². The lowest BCUT2D eigenvalue weighted by Crippen LogP contribution is -2.30. The van der Waals surface area contributed by atoms with Crippen LogP contribution in [0, 0.1) is 12.7 Å². The lowest BCUT2D eigenvalue weighted by Gasteiger charge is -2.15. The second-order valence-electron chi connectivity index (χ2n) is 7.27. The molecule has 0 bridgehead atoms. The predicted molar refractivity (Wildman–Crippen MR) is 123 cm³/mol. The molecule has 2 heterocycles. The number of hydrogen-bond acceptors (Lipinski definition) is 5. The second-order valence-corrected chi connectivity index (χ2v) is 8.58. The number of aryl methyl sites for hydroxylation is 1. The van der Waals surface area contributed by atoms with E-state index in [0.29, 0.717) is 17.5 Å². The van der Waals surface area contributed by atoms with Gasteiger partial charge < -0.3 is 5.32 Å². The molecule has 8 heteroatoms. The molecule has 0 fully saturated rings. The van der Waals surface area contributed by atoms with Crippen LogP contribution in [-0.4, -0.2) is 30.9 Å². The van der Waals surface area contributed by atoms with Crippen molar-refractivity contribution in [2.75, 3.05) is 0 Å². The van der Waals surface area contributed by atoms with E-state index in [9.17, 15) is 9.18 Å². The molecule has 0 spiro atoms. The number of carbonyl (C=O) groups excluding carboxylic acids is 1. The molecule has 1 N–H and O–H groups in total. The zero-order valence-corrected chi connectivity index (χ0v) is 18.5. The number of nitrogens with zero attached hydrogens (tertiary/aromatic N) is 4. The number of halogens is 1. The van der Waals surface area contributed by atoms with Crippen LogP contribution < -0.4 is 5.32 Å². The number of aromatic nitrogens is 4. The minimum Gasteiger partial charge on any atom is -0.351 e. The number of hydrogen-bond donors (Lipinski definition) is 1. The maximum atomic E-state index is 13.1. The van der Waals surface area contributed by atoms with Crippen molar-refractivity contribution in [2.45, 2.75) is 30.8 Å². The first-order valence-electron chi connectivity index (χ1n) is 10.1. The molecule has 2 aromatic heterocycles. The SMILES string of the molecule is Cc1ccccc1-n1c(SC(C)C(=O)NCc2ccc(F)cc2)nnc1-c1cccnc1. The summed E-state index contributed by atoms with van der Waals surface area (Å²) in [6, 6.07) is 17.8. The van der Waals surface area contributed by atoms with E-state index in [-0.39, 0.29) is 11.7 Å². The molecule has 162 valence electrons. The molecule has 0 aliphatic carbocycles.